The number of hydrogen-bond acceptors (Lipinski definition) is 11. The molecule has 0 aromatic heterocycles. The summed E-state index contributed by atoms with van der Waals surface area (Å²) in [6, 6.07) is -0.908. The van der Waals surface area contributed by atoms with E-state index in [1.54, 1.807) is 0 Å². The molecule has 0 aliphatic carbocycles. The maximum Gasteiger partial charge on any atom is 0.187 e. The van der Waals surface area contributed by atoms with Crippen LogP contribution < -0.4 is 5.32 Å². The molecule has 0 aromatic carbocycles. The lowest BCUT2D eigenvalue weighted by Crippen LogP contribution is -2.60. The van der Waals surface area contributed by atoms with E-state index < -0.39 is 55.6 Å². The quantitative estimate of drug-likeness (QED) is 0.109. The van der Waals surface area contributed by atoms with Crippen molar-refractivity contribution in [3.8, 4) is 0 Å². The molecule has 9 atom stereocenters. The van der Waals surface area contributed by atoms with Crippen LogP contribution in [0.1, 0.15) is 70.6 Å². The number of nitrogens with one attached hydrogen (secondary N) is 1. The number of aliphatic hydroxyl groups is 7. The molecular formula is C24H45NO10. The molecule has 0 saturated carbocycles. The van der Waals surface area contributed by atoms with Crippen molar-refractivity contribution >= 4 is 5.78 Å². The number of hydrogen-bond donors (Lipinski definition) is 8. The molecule has 0 aromatic rings. The Morgan fingerprint density at radius 3 is 1.97 bits per heavy atom. The Bertz CT molecular complexity index is 595. The fraction of sp³-hybridized carbons (Fsp3) is 0.958. The van der Waals surface area contributed by atoms with Gasteiger partial charge in [-0.3, -0.25) is 4.79 Å². The van der Waals surface area contributed by atoms with Crippen LogP contribution in [0.2, 0.25) is 0 Å². The number of ether oxygens (including phenoxy) is 2. The second-order valence-corrected chi connectivity index (χ2v) is 9.73. The van der Waals surface area contributed by atoms with Crippen LogP contribution in [0.5, 0.6) is 0 Å². The van der Waals surface area contributed by atoms with Crippen LogP contribution in [-0.2, 0) is 14.3 Å². The molecule has 206 valence electrons. The Morgan fingerprint density at radius 2 is 1.34 bits per heavy atom. The van der Waals surface area contributed by atoms with Crippen molar-refractivity contribution in [1.82, 2.24) is 5.32 Å². The fourth-order valence-electron chi connectivity index (χ4n) is 4.83. The highest BCUT2D eigenvalue weighted by atomic mass is 16.7. The van der Waals surface area contributed by atoms with Crippen LogP contribution in [0.25, 0.3) is 0 Å². The van der Waals surface area contributed by atoms with E-state index >= 15 is 0 Å². The zero-order valence-electron chi connectivity index (χ0n) is 20.5. The predicted molar refractivity (Wildman–Crippen MR) is 125 cm³/mol. The first-order valence-corrected chi connectivity index (χ1v) is 13.0. The summed E-state index contributed by atoms with van der Waals surface area (Å²) in [6.45, 7) is -0.809. The normalized spacial score (nSPS) is 35.5. The summed E-state index contributed by atoms with van der Waals surface area (Å²) >= 11 is 0. The molecule has 2 heterocycles. The van der Waals surface area contributed by atoms with Gasteiger partial charge in [0.1, 0.15) is 36.3 Å². The average molecular weight is 508 g/mol. The molecule has 0 amide bonds. The predicted octanol–water partition coefficient (Wildman–Crippen LogP) is -1.28. The fourth-order valence-corrected chi connectivity index (χ4v) is 4.83. The number of Topliss-reactive ketones (excluding diaryl/α,β-unsaturated/α-hetero) is 1. The summed E-state index contributed by atoms with van der Waals surface area (Å²) in [5, 5.41) is 71.7. The van der Waals surface area contributed by atoms with Crippen molar-refractivity contribution in [3.63, 3.8) is 0 Å². The summed E-state index contributed by atoms with van der Waals surface area (Å²) in [4.78, 5) is 11.6. The number of rotatable bonds is 17. The minimum absolute atomic E-state index is 0.0579. The van der Waals surface area contributed by atoms with Crippen LogP contribution in [0, 0.1) is 0 Å². The van der Waals surface area contributed by atoms with Crippen molar-refractivity contribution in [2.45, 2.75) is 126 Å². The van der Waals surface area contributed by atoms with Crippen LogP contribution in [0.4, 0.5) is 0 Å². The summed E-state index contributed by atoms with van der Waals surface area (Å²) in [7, 11) is 0. The molecule has 8 N–H and O–H groups in total. The van der Waals surface area contributed by atoms with Crippen molar-refractivity contribution in [3.05, 3.63) is 0 Å². The van der Waals surface area contributed by atoms with E-state index in [0.29, 0.717) is 25.7 Å². The molecular weight excluding hydrogens is 462 g/mol. The first kappa shape index (κ1) is 30.5. The van der Waals surface area contributed by atoms with Gasteiger partial charge >= 0.3 is 0 Å². The van der Waals surface area contributed by atoms with Crippen LogP contribution in [-0.4, -0.2) is 116 Å². The Labute approximate surface area is 207 Å². The highest BCUT2D eigenvalue weighted by Gasteiger charge is 2.49. The second-order valence-electron chi connectivity index (χ2n) is 9.73. The standard InChI is InChI=1S/C24H45NO10/c26-12-8-10-15(29)9-6-4-2-1-3-5-7-11-16-23(19(30)17(13-27)25-16)35-24-22(33)21(32)20(31)18(14-28)34-24/h16-28,30-33H,1-14H2/t16?,17-,18-,19+,20-,21+,22-,23-,24+/m0/s1. The lowest BCUT2D eigenvalue weighted by molar-refractivity contribution is -0.316. The Kier molecular flexibility index (Phi) is 14.1. The van der Waals surface area contributed by atoms with E-state index in [9.17, 15) is 35.4 Å². The monoisotopic (exact) mass is 507 g/mol. The molecule has 11 heteroatoms. The average Bonchev–Trinajstić information content (AvgIpc) is 3.15. The largest absolute Gasteiger partial charge is 0.396 e. The topological polar surface area (TPSA) is 189 Å². The van der Waals surface area contributed by atoms with E-state index in [1.807, 2.05) is 0 Å². The second kappa shape index (κ2) is 16.2. The first-order valence-electron chi connectivity index (χ1n) is 13.0. The van der Waals surface area contributed by atoms with Gasteiger partial charge in [0.05, 0.1) is 25.4 Å². The summed E-state index contributed by atoms with van der Waals surface area (Å²) in [5.74, 6) is 0.215. The van der Waals surface area contributed by atoms with Crippen molar-refractivity contribution in [2.24, 2.45) is 0 Å². The van der Waals surface area contributed by atoms with Crippen LogP contribution >= 0.6 is 0 Å². The third-order valence-corrected chi connectivity index (χ3v) is 6.99. The van der Waals surface area contributed by atoms with Gasteiger partial charge in [0.2, 0.25) is 0 Å². The lowest BCUT2D eigenvalue weighted by atomic mass is 9.98. The van der Waals surface area contributed by atoms with E-state index in [4.69, 9.17) is 14.6 Å². The maximum atomic E-state index is 11.6. The van der Waals surface area contributed by atoms with Gasteiger partial charge in [-0.05, 0) is 19.3 Å². The Balaban J connectivity index is 1.71. The van der Waals surface area contributed by atoms with Crippen molar-refractivity contribution in [2.75, 3.05) is 19.8 Å². The number of ketones is 1. The zero-order chi connectivity index (χ0) is 25.8. The van der Waals surface area contributed by atoms with E-state index in [-0.39, 0.29) is 25.0 Å². The van der Waals surface area contributed by atoms with E-state index in [2.05, 4.69) is 5.32 Å². The Morgan fingerprint density at radius 1 is 0.714 bits per heavy atom. The van der Waals surface area contributed by atoms with Crippen molar-refractivity contribution in [1.29, 1.82) is 0 Å². The lowest BCUT2D eigenvalue weighted by Gasteiger charge is -2.41. The highest BCUT2D eigenvalue weighted by Crippen LogP contribution is 2.28. The molecule has 2 saturated heterocycles. The molecule has 0 radical (unpaired) electrons. The first-order chi connectivity index (χ1) is 16.8. The molecule has 11 nitrogen and oxygen atoms in total. The van der Waals surface area contributed by atoms with Gasteiger partial charge in [0, 0.05) is 25.5 Å². The molecule has 0 spiro atoms. The van der Waals surface area contributed by atoms with Crippen LogP contribution in [0.3, 0.4) is 0 Å². The Hall–Kier alpha value is -0.730. The van der Waals surface area contributed by atoms with E-state index in [0.717, 1.165) is 44.9 Å². The number of carbonyl (C=O) groups is 1. The van der Waals surface area contributed by atoms with Gasteiger partial charge < -0.3 is 50.5 Å². The minimum atomic E-state index is -1.57. The van der Waals surface area contributed by atoms with Gasteiger partial charge in [0.15, 0.2) is 6.29 Å². The molecule has 35 heavy (non-hydrogen) atoms. The number of unbranched alkanes of at least 4 members (excludes halogenated alkanes) is 6. The maximum absolute atomic E-state index is 11.6. The molecule has 2 aliphatic heterocycles. The van der Waals surface area contributed by atoms with Gasteiger partial charge in [-0.1, -0.05) is 38.5 Å². The smallest absolute Gasteiger partial charge is 0.187 e. The molecule has 2 rings (SSSR count). The van der Waals surface area contributed by atoms with E-state index in [1.165, 1.54) is 0 Å². The summed E-state index contributed by atoms with van der Waals surface area (Å²) in [6.07, 6.45) is 0.195. The van der Waals surface area contributed by atoms with Gasteiger partial charge in [-0.15, -0.1) is 0 Å². The molecule has 0 bridgehead atoms. The van der Waals surface area contributed by atoms with Gasteiger partial charge in [-0.25, -0.2) is 0 Å². The van der Waals surface area contributed by atoms with Crippen molar-refractivity contribution < 1.29 is 50.0 Å². The molecule has 2 aliphatic rings. The van der Waals surface area contributed by atoms with Crippen LogP contribution in [0.15, 0.2) is 0 Å². The SMILES string of the molecule is O=C(CCCO)CCCCCCCCCC1N[C@@H](CO)[C@@H](O)[C@H]1O[C@H]1O[C@@H](CO)[C@H](O)[C@@H](O)[C@@H]1O. The minimum Gasteiger partial charge on any atom is -0.396 e. The number of aliphatic hydroxyl groups excluding tert-OH is 7. The third kappa shape index (κ3) is 9.26. The highest BCUT2D eigenvalue weighted by molar-refractivity contribution is 5.78. The van der Waals surface area contributed by atoms with Gasteiger partial charge in [0.25, 0.3) is 0 Å². The zero-order valence-corrected chi connectivity index (χ0v) is 20.5. The number of carbonyl (C=O) groups excluding carboxylic acids is 1. The van der Waals surface area contributed by atoms with Gasteiger partial charge in [-0.2, -0.15) is 0 Å². The third-order valence-electron chi connectivity index (χ3n) is 6.99. The summed E-state index contributed by atoms with van der Waals surface area (Å²) in [5.41, 5.74) is 0. The summed E-state index contributed by atoms with van der Waals surface area (Å²) < 4.78 is 11.2. The molecule has 1 unspecified atom stereocenters. The molecule has 2 fully saturated rings.